The Kier molecular flexibility index (Phi) is 5.92. The first kappa shape index (κ1) is 14.5. The number of hydrogen-bond donors (Lipinski definition) is 2. The van der Waals surface area contributed by atoms with E-state index >= 15 is 0 Å². The molecule has 4 nitrogen and oxygen atoms in total. The minimum Gasteiger partial charge on any atom is -0.380 e. The molecule has 1 fully saturated rings. The van der Waals surface area contributed by atoms with Crippen LogP contribution in [0.25, 0.3) is 0 Å². The molecule has 4 heteroatoms. The number of hydrogen-bond acceptors (Lipinski definition) is 3. The van der Waals surface area contributed by atoms with E-state index in [0.717, 1.165) is 12.8 Å². The first-order valence-corrected chi connectivity index (χ1v) is 6.57. The van der Waals surface area contributed by atoms with Crippen molar-refractivity contribution < 1.29 is 9.53 Å². The van der Waals surface area contributed by atoms with Crippen LogP contribution in [-0.2, 0) is 9.53 Å². The van der Waals surface area contributed by atoms with Crippen LogP contribution in [-0.4, -0.2) is 31.7 Å². The number of carbonyl (C=O) groups is 1. The maximum absolute atomic E-state index is 11.8. The zero-order valence-electron chi connectivity index (χ0n) is 11.2. The van der Waals surface area contributed by atoms with Gasteiger partial charge in [-0.1, -0.05) is 13.8 Å². The van der Waals surface area contributed by atoms with E-state index in [9.17, 15) is 4.79 Å². The Morgan fingerprint density at radius 1 is 1.35 bits per heavy atom. The van der Waals surface area contributed by atoms with Crippen molar-refractivity contribution in [3.63, 3.8) is 0 Å². The van der Waals surface area contributed by atoms with Gasteiger partial charge in [-0.3, -0.25) is 4.79 Å². The van der Waals surface area contributed by atoms with E-state index in [0.29, 0.717) is 30.8 Å². The molecule has 1 rings (SSSR count). The Bertz CT molecular complexity index is 232. The molecule has 100 valence electrons. The summed E-state index contributed by atoms with van der Waals surface area (Å²) in [4.78, 5) is 11.8. The lowest BCUT2D eigenvalue weighted by atomic mass is 9.80. The van der Waals surface area contributed by atoms with Gasteiger partial charge < -0.3 is 15.8 Å². The highest BCUT2D eigenvalue weighted by Crippen LogP contribution is 2.28. The molecule has 0 aromatic carbocycles. The third kappa shape index (κ3) is 5.04. The van der Waals surface area contributed by atoms with E-state index in [1.807, 2.05) is 0 Å². The molecule has 0 aromatic heterocycles. The first-order valence-electron chi connectivity index (χ1n) is 6.57. The predicted molar refractivity (Wildman–Crippen MR) is 68.6 cm³/mol. The van der Waals surface area contributed by atoms with Crippen molar-refractivity contribution in [1.29, 1.82) is 0 Å². The Balaban J connectivity index is 2.34. The van der Waals surface area contributed by atoms with Crippen molar-refractivity contribution in [2.24, 2.45) is 17.6 Å². The average Bonchev–Trinajstić information content (AvgIpc) is 2.24. The van der Waals surface area contributed by atoms with Crippen molar-refractivity contribution >= 4 is 5.91 Å². The van der Waals surface area contributed by atoms with Crippen LogP contribution in [0, 0.1) is 11.8 Å². The maximum atomic E-state index is 11.8. The van der Waals surface area contributed by atoms with Gasteiger partial charge in [-0.2, -0.15) is 0 Å². The van der Waals surface area contributed by atoms with Gasteiger partial charge in [0.1, 0.15) is 0 Å². The molecule has 1 aliphatic carbocycles. The van der Waals surface area contributed by atoms with E-state index in [2.05, 4.69) is 19.2 Å². The molecule has 0 aliphatic heterocycles. The van der Waals surface area contributed by atoms with Crippen molar-refractivity contribution in [1.82, 2.24) is 5.32 Å². The molecule has 3 atom stereocenters. The second kappa shape index (κ2) is 6.97. The summed E-state index contributed by atoms with van der Waals surface area (Å²) in [5.74, 6) is 1.47. The number of methoxy groups -OCH3 is 1. The van der Waals surface area contributed by atoms with Crippen LogP contribution < -0.4 is 11.1 Å². The molecule has 0 spiro atoms. The highest BCUT2D eigenvalue weighted by Gasteiger charge is 2.25. The summed E-state index contributed by atoms with van der Waals surface area (Å²) in [5, 5.41) is 3.10. The van der Waals surface area contributed by atoms with Crippen LogP contribution in [0.2, 0.25) is 0 Å². The lowest BCUT2D eigenvalue weighted by Crippen LogP contribution is -2.42. The fourth-order valence-corrected chi connectivity index (χ4v) is 2.82. The quantitative estimate of drug-likeness (QED) is 0.763. The third-order valence-corrected chi connectivity index (χ3v) is 3.55. The Morgan fingerprint density at radius 2 is 1.94 bits per heavy atom. The summed E-state index contributed by atoms with van der Waals surface area (Å²) in [6.07, 6.45) is 3.67. The van der Waals surface area contributed by atoms with Crippen LogP contribution in [0.5, 0.6) is 0 Å². The van der Waals surface area contributed by atoms with Gasteiger partial charge in [0.25, 0.3) is 0 Å². The van der Waals surface area contributed by atoms with Crippen LogP contribution in [0.3, 0.4) is 0 Å². The molecule has 0 heterocycles. The average molecular weight is 242 g/mol. The number of nitrogens with one attached hydrogen (secondary N) is 1. The summed E-state index contributed by atoms with van der Waals surface area (Å²) in [6, 6.07) is 0.330. The van der Waals surface area contributed by atoms with Crippen molar-refractivity contribution in [2.75, 3.05) is 13.7 Å². The van der Waals surface area contributed by atoms with Crippen LogP contribution in [0.4, 0.5) is 0 Å². The SMILES string of the molecule is COC(CN)CC(=O)NC1CC(C)CC(C)C1. The Hall–Kier alpha value is -0.610. The van der Waals surface area contributed by atoms with Gasteiger partial charge in [-0.15, -0.1) is 0 Å². The van der Waals surface area contributed by atoms with Crippen molar-refractivity contribution in [3.8, 4) is 0 Å². The van der Waals surface area contributed by atoms with E-state index in [-0.39, 0.29) is 12.0 Å². The number of amides is 1. The van der Waals surface area contributed by atoms with E-state index in [1.54, 1.807) is 7.11 Å². The summed E-state index contributed by atoms with van der Waals surface area (Å²) >= 11 is 0. The third-order valence-electron chi connectivity index (χ3n) is 3.55. The molecular formula is C13H26N2O2. The smallest absolute Gasteiger partial charge is 0.222 e. The minimum atomic E-state index is -0.159. The number of nitrogens with two attached hydrogens (primary N) is 1. The zero-order valence-corrected chi connectivity index (χ0v) is 11.2. The van der Waals surface area contributed by atoms with Gasteiger partial charge in [0.15, 0.2) is 0 Å². The summed E-state index contributed by atoms with van der Waals surface area (Å²) in [7, 11) is 1.59. The number of ether oxygens (including phenoxy) is 1. The minimum absolute atomic E-state index is 0.0635. The molecule has 1 amide bonds. The molecule has 0 saturated heterocycles. The van der Waals surface area contributed by atoms with Crippen LogP contribution >= 0.6 is 0 Å². The van der Waals surface area contributed by atoms with E-state index < -0.39 is 0 Å². The topological polar surface area (TPSA) is 64.3 Å². The second-order valence-electron chi connectivity index (χ2n) is 5.48. The van der Waals surface area contributed by atoms with Crippen molar-refractivity contribution in [3.05, 3.63) is 0 Å². The standard InChI is InChI=1S/C13H26N2O2/c1-9-4-10(2)6-11(5-9)15-13(16)7-12(8-14)17-3/h9-12H,4-8,14H2,1-3H3,(H,15,16). The van der Waals surface area contributed by atoms with Crippen LogP contribution in [0.15, 0.2) is 0 Å². The molecule has 0 radical (unpaired) electrons. The number of carbonyl (C=O) groups excluding carboxylic acids is 1. The van der Waals surface area contributed by atoms with Gasteiger partial charge in [0, 0.05) is 19.7 Å². The predicted octanol–water partition coefficient (Wildman–Crippen LogP) is 1.29. The van der Waals surface area contributed by atoms with E-state index in [4.69, 9.17) is 10.5 Å². The van der Waals surface area contributed by atoms with Crippen LogP contribution in [0.1, 0.15) is 39.5 Å². The molecular weight excluding hydrogens is 216 g/mol. The Labute approximate surface area is 104 Å². The van der Waals surface area contributed by atoms with Crippen molar-refractivity contribution in [2.45, 2.75) is 51.7 Å². The summed E-state index contributed by atoms with van der Waals surface area (Å²) < 4.78 is 5.12. The number of rotatable bonds is 5. The first-order chi connectivity index (χ1) is 8.05. The summed E-state index contributed by atoms with van der Waals surface area (Å²) in [5.41, 5.74) is 5.50. The van der Waals surface area contributed by atoms with Gasteiger partial charge in [0.2, 0.25) is 5.91 Å². The van der Waals surface area contributed by atoms with Gasteiger partial charge >= 0.3 is 0 Å². The van der Waals surface area contributed by atoms with Gasteiger partial charge in [-0.05, 0) is 31.1 Å². The molecule has 3 unspecified atom stereocenters. The molecule has 3 N–H and O–H groups in total. The fraction of sp³-hybridized carbons (Fsp3) is 0.923. The lowest BCUT2D eigenvalue weighted by molar-refractivity contribution is -0.124. The monoisotopic (exact) mass is 242 g/mol. The zero-order chi connectivity index (χ0) is 12.8. The molecule has 0 bridgehead atoms. The fourth-order valence-electron chi connectivity index (χ4n) is 2.82. The maximum Gasteiger partial charge on any atom is 0.222 e. The lowest BCUT2D eigenvalue weighted by Gasteiger charge is -2.32. The Morgan fingerprint density at radius 3 is 2.41 bits per heavy atom. The van der Waals surface area contributed by atoms with E-state index in [1.165, 1.54) is 6.42 Å². The second-order valence-corrected chi connectivity index (χ2v) is 5.48. The molecule has 17 heavy (non-hydrogen) atoms. The summed E-state index contributed by atoms with van der Waals surface area (Å²) in [6.45, 7) is 4.90. The highest BCUT2D eigenvalue weighted by atomic mass is 16.5. The normalized spacial score (nSPS) is 30.9. The highest BCUT2D eigenvalue weighted by molar-refractivity contribution is 5.76. The molecule has 1 aliphatic rings. The van der Waals surface area contributed by atoms with Gasteiger partial charge in [0.05, 0.1) is 12.5 Å². The van der Waals surface area contributed by atoms with Gasteiger partial charge in [-0.25, -0.2) is 0 Å². The molecule has 0 aromatic rings. The molecule has 1 saturated carbocycles. The largest absolute Gasteiger partial charge is 0.380 e.